The van der Waals surface area contributed by atoms with Gasteiger partial charge in [0.25, 0.3) is 0 Å². The van der Waals surface area contributed by atoms with Crippen molar-refractivity contribution in [2.24, 2.45) is 0 Å². The highest BCUT2D eigenvalue weighted by atomic mass is 32.2. The minimum Gasteiger partial charge on any atom is -0.480 e. The molecule has 0 radical (unpaired) electrons. The second-order valence-corrected chi connectivity index (χ2v) is 14.2. The summed E-state index contributed by atoms with van der Waals surface area (Å²) in [4.78, 5) is 11.7. The number of ether oxygens (including phenoxy) is 1. The first-order chi connectivity index (χ1) is 22.5. The smallest absolute Gasteiger partial charge is 0.480 e. The molecule has 0 aromatic heterocycles. The van der Waals surface area contributed by atoms with Crippen LogP contribution in [0.4, 0.5) is 32.0 Å². The number of nitrogens with zero attached hydrogens (tertiary/aromatic N) is 2. The predicted molar refractivity (Wildman–Crippen MR) is 167 cm³/mol. The third kappa shape index (κ3) is 11.3. The number of alkyl halides is 6. The van der Waals surface area contributed by atoms with Crippen LogP contribution >= 0.6 is 0 Å². The van der Waals surface area contributed by atoms with Crippen molar-refractivity contribution in [3.05, 3.63) is 54.1 Å². The first kappa shape index (κ1) is 38.9. The zero-order valence-corrected chi connectivity index (χ0v) is 27.4. The molecule has 2 unspecified atom stereocenters. The summed E-state index contributed by atoms with van der Waals surface area (Å²) in [6, 6.07) is 8.64. The van der Waals surface area contributed by atoms with Crippen molar-refractivity contribution in [1.29, 1.82) is 5.26 Å². The van der Waals surface area contributed by atoms with Gasteiger partial charge in [-0.1, -0.05) is 70.1 Å². The number of carbonyl (C=O) groups is 1. The molecule has 1 aliphatic carbocycles. The Morgan fingerprint density at radius 1 is 1.00 bits per heavy atom. The number of nitriles is 1. The number of anilines is 1. The van der Waals surface area contributed by atoms with Gasteiger partial charge >= 0.3 is 18.5 Å². The fourth-order valence-corrected chi connectivity index (χ4v) is 7.48. The lowest BCUT2D eigenvalue weighted by Crippen LogP contribution is -2.36. The van der Waals surface area contributed by atoms with Gasteiger partial charge in [-0.15, -0.1) is 13.2 Å². The molecular formula is C33H41F6N3O5S. The van der Waals surface area contributed by atoms with E-state index in [-0.39, 0.29) is 11.2 Å². The molecule has 0 amide bonds. The van der Waals surface area contributed by atoms with E-state index in [4.69, 9.17) is 5.26 Å². The molecular weight excluding hydrogens is 664 g/mol. The quantitative estimate of drug-likeness (QED) is 0.142. The molecule has 1 saturated heterocycles. The van der Waals surface area contributed by atoms with Crippen LogP contribution in [0.25, 0.3) is 0 Å². The second kappa shape index (κ2) is 16.7. The first-order valence-electron chi connectivity index (χ1n) is 15.9. The van der Waals surface area contributed by atoms with Crippen molar-refractivity contribution >= 4 is 21.5 Å². The van der Waals surface area contributed by atoms with E-state index < -0.39 is 68.8 Å². The summed E-state index contributed by atoms with van der Waals surface area (Å²) in [7, 11) is -4.64. The summed E-state index contributed by atoms with van der Waals surface area (Å²) in [6.45, 7) is 2.75. The molecule has 2 aromatic carbocycles. The fourth-order valence-electron chi connectivity index (χ4n) is 5.57. The van der Waals surface area contributed by atoms with Crippen molar-refractivity contribution < 1.29 is 49.4 Å². The van der Waals surface area contributed by atoms with E-state index in [0.29, 0.717) is 6.07 Å². The SMILES string of the molecule is CCCCCCCCCCNC1(C#N)CC1.O=C(O)C1CC(S(=O)(=O)c2ccccc2C(F)(F)F)CN1c1cccc(OC(F)(F)F)c1. The molecule has 2 N–H and O–H groups in total. The van der Waals surface area contributed by atoms with E-state index in [1.807, 2.05) is 0 Å². The lowest BCUT2D eigenvalue weighted by Gasteiger charge is -2.24. The monoisotopic (exact) mass is 705 g/mol. The summed E-state index contributed by atoms with van der Waals surface area (Å²) in [6.07, 6.45) is 2.43. The van der Waals surface area contributed by atoms with E-state index in [1.54, 1.807) is 0 Å². The summed E-state index contributed by atoms with van der Waals surface area (Å²) in [5, 5.41) is 20.2. The normalized spacial score (nSPS) is 18.8. The highest BCUT2D eigenvalue weighted by molar-refractivity contribution is 7.92. The van der Waals surface area contributed by atoms with Crippen LogP contribution in [0.2, 0.25) is 0 Å². The van der Waals surface area contributed by atoms with Crippen molar-refractivity contribution in [2.75, 3.05) is 18.0 Å². The summed E-state index contributed by atoms with van der Waals surface area (Å²) in [5.41, 5.74) is -1.58. The number of unbranched alkanes of at least 4 members (excludes halogenated alkanes) is 7. The number of carboxylic acids is 1. The number of rotatable bonds is 15. The molecule has 2 fully saturated rings. The van der Waals surface area contributed by atoms with E-state index >= 15 is 0 Å². The van der Waals surface area contributed by atoms with E-state index in [2.05, 4.69) is 23.0 Å². The Labute approximate surface area is 277 Å². The molecule has 2 aromatic rings. The van der Waals surface area contributed by atoms with Gasteiger partial charge in [-0.05, 0) is 56.5 Å². The standard InChI is InChI=1S/C19H15F6NO5S.C14H26N2/c20-18(21,22)14-6-1-2-7-16(14)32(29,30)13-9-15(17(27)28)26(10-13)11-4-3-5-12(8-11)31-19(23,24)25;1-2-3-4-5-6-7-8-9-12-16-14(13-15)10-11-14/h1-8,13,15H,9-10H2,(H,27,28);16H,2-12H2,1H3. The minimum atomic E-state index is -5.01. The summed E-state index contributed by atoms with van der Waals surface area (Å²) >= 11 is 0. The first-order valence-corrected chi connectivity index (χ1v) is 17.5. The number of halogens is 6. The topological polar surface area (TPSA) is 120 Å². The molecule has 8 nitrogen and oxygen atoms in total. The Morgan fingerprint density at radius 3 is 2.19 bits per heavy atom. The van der Waals surface area contributed by atoms with Gasteiger partial charge in [0.05, 0.1) is 21.8 Å². The van der Waals surface area contributed by atoms with E-state index in [9.17, 15) is 44.7 Å². The summed E-state index contributed by atoms with van der Waals surface area (Å²) < 4.78 is 107. The van der Waals surface area contributed by atoms with Crippen molar-refractivity contribution in [1.82, 2.24) is 5.32 Å². The van der Waals surface area contributed by atoms with E-state index in [0.717, 1.165) is 60.7 Å². The van der Waals surface area contributed by atoms with Gasteiger partial charge in [-0.2, -0.15) is 18.4 Å². The molecule has 1 aliphatic heterocycles. The molecule has 15 heteroatoms. The zero-order chi connectivity index (χ0) is 35.6. The van der Waals surface area contributed by atoms with Gasteiger partial charge in [-0.3, -0.25) is 5.32 Å². The highest BCUT2D eigenvalue weighted by Gasteiger charge is 2.46. The number of benzene rings is 2. The van der Waals surface area contributed by atoms with Crippen molar-refractivity contribution in [3.63, 3.8) is 0 Å². The third-order valence-electron chi connectivity index (χ3n) is 8.33. The van der Waals surface area contributed by atoms with Crippen LogP contribution in [-0.2, 0) is 20.8 Å². The molecule has 1 saturated carbocycles. The molecule has 1 heterocycles. The lowest BCUT2D eigenvalue weighted by atomic mass is 10.1. The molecule has 2 aliphatic rings. The van der Waals surface area contributed by atoms with Crippen LogP contribution < -0.4 is 15.0 Å². The Kier molecular flexibility index (Phi) is 13.6. The van der Waals surface area contributed by atoms with E-state index in [1.165, 1.54) is 57.4 Å². The fraction of sp³-hybridized carbons (Fsp3) is 0.576. The van der Waals surface area contributed by atoms with Crippen LogP contribution in [0.5, 0.6) is 5.75 Å². The number of hydrogen-bond donors (Lipinski definition) is 2. The molecule has 0 spiro atoms. The van der Waals surface area contributed by atoms with Gasteiger partial charge in [0.1, 0.15) is 17.3 Å². The Hall–Kier alpha value is -3.51. The van der Waals surface area contributed by atoms with Gasteiger partial charge in [0.2, 0.25) is 0 Å². The third-order valence-corrected chi connectivity index (χ3v) is 10.5. The second-order valence-electron chi connectivity index (χ2n) is 12.0. The summed E-state index contributed by atoms with van der Waals surface area (Å²) in [5.74, 6) is -2.14. The number of hydrogen-bond acceptors (Lipinski definition) is 7. The number of carboxylic acid groups (broad SMARTS) is 1. The van der Waals surface area contributed by atoms with Crippen LogP contribution in [0.3, 0.4) is 0 Å². The van der Waals surface area contributed by atoms with Gasteiger partial charge in [0.15, 0.2) is 9.84 Å². The van der Waals surface area contributed by atoms with Crippen LogP contribution in [0.15, 0.2) is 53.4 Å². The molecule has 2 atom stereocenters. The maximum atomic E-state index is 13.3. The average Bonchev–Trinajstić information content (AvgIpc) is 3.65. The lowest BCUT2D eigenvalue weighted by molar-refractivity contribution is -0.274. The molecule has 4 rings (SSSR count). The molecule has 266 valence electrons. The van der Waals surface area contributed by atoms with Gasteiger partial charge in [0, 0.05) is 18.3 Å². The van der Waals surface area contributed by atoms with Crippen molar-refractivity contribution in [2.45, 2.75) is 112 Å². The Bertz CT molecular complexity index is 1510. The number of nitrogens with one attached hydrogen (secondary N) is 1. The number of aliphatic carboxylic acids is 1. The van der Waals surface area contributed by atoms with Crippen LogP contribution in [0.1, 0.15) is 83.1 Å². The largest absolute Gasteiger partial charge is 0.573 e. The molecule has 48 heavy (non-hydrogen) atoms. The van der Waals surface area contributed by atoms with Crippen LogP contribution in [0, 0.1) is 11.3 Å². The van der Waals surface area contributed by atoms with Gasteiger partial charge < -0.3 is 14.7 Å². The molecule has 0 bridgehead atoms. The maximum Gasteiger partial charge on any atom is 0.573 e. The highest BCUT2D eigenvalue weighted by Crippen LogP contribution is 2.39. The maximum absolute atomic E-state index is 13.3. The van der Waals surface area contributed by atoms with Crippen LogP contribution in [-0.4, -0.2) is 55.8 Å². The van der Waals surface area contributed by atoms with Gasteiger partial charge in [-0.25, -0.2) is 13.2 Å². The van der Waals surface area contributed by atoms with Crippen molar-refractivity contribution in [3.8, 4) is 11.8 Å². The zero-order valence-electron chi connectivity index (χ0n) is 26.6. The number of sulfone groups is 1. The Balaban J connectivity index is 0.000000328. The Morgan fingerprint density at radius 2 is 1.62 bits per heavy atom. The minimum absolute atomic E-state index is 0.0824. The average molecular weight is 706 g/mol. The predicted octanol–water partition coefficient (Wildman–Crippen LogP) is 7.88.